The Morgan fingerprint density at radius 1 is 0.250 bits per heavy atom. The van der Waals surface area contributed by atoms with Crippen LogP contribution in [0.25, 0.3) is 106 Å². The number of benzene rings is 9. The minimum absolute atomic E-state index is 1.22. The summed E-state index contributed by atoms with van der Waals surface area (Å²) in [5.74, 6) is 0. The van der Waals surface area contributed by atoms with E-state index in [1.165, 1.54) is 106 Å². The second-order valence-electron chi connectivity index (χ2n) is 13.6. The van der Waals surface area contributed by atoms with E-state index < -0.39 is 0 Å². The van der Waals surface area contributed by atoms with Crippen LogP contribution in [0.3, 0.4) is 0 Å². The third-order valence-electron chi connectivity index (χ3n) is 10.7. The zero-order valence-electron chi connectivity index (χ0n) is 28.1. The summed E-state index contributed by atoms with van der Waals surface area (Å²) in [6.45, 7) is 0. The fourth-order valence-corrected chi connectivity index (χ4v) is 10.7. The third kappa shape index (κ3) is 4.52. The fraction of sp³-hybridized carbons (Fsp3) is 0. The molecule has 0 N–H and O–H groups in total. The minimum atomic E-state index is 1.22. The lowest BCUT2D eigenvalue weighted by atomic mass is 9.85. The number of hydrogen-bond acceptors (Lipinski definition) is 2. The van der Waals surface area contributed by atoms with Crippen molar-refractivity contribution in [3.8, 4) is 44.5 Å². The molecule has 2 heteroatoms. The summed E-state index contributed by atoms with van der Waals surface area (Å²) < 4.78 is 5.30. The summed E-state index contributed by atoms with van der Waals surface area (Å²) in [5, 5.41) is 10.4. The number of rotatable bonds is 4. The van der Waals surface area contributed by atoms with Crippen molar-refractivity contribution in [3.63, 3.8) is 0 Å². The Bertz CT molecular complexity index is 2990. The first-order valence-corrected chi connectivity index (χ1v) is 19.4. The van der Waals surface area contributed by atoms with Crippen molar-refractivity contribution in [2.24, 2.45) is 0 Å². The van der Waals surface area contributed by atoms with Crippen molar-refractivity contribution < 1.29 is 0 Å². The maximum absolute atomic E-state index is 2.48. The van der Waals surface area contributed by atoms with E-state index in [9.17, 15) is 0 Å². The Kier molecular flexibility index (Phi) is 6.70. The third-order valence-corrected chi connectivity index (χ3v) is 13.0. The Labute approximate surface area is 309 Å². The van der Waals surface area contributed by atoms with Crippen LogP contribution >= 0.6 is 22.7 Å². The van der Waals surface area contributed by atoms with Crippen LogP contribution in [0.2, 0.25) is 0 Å². The smallest absolute Gasteiger partial charge is 0.0361 e. The summed E-state index contributed by atoms with van der Waals surface area (Å²) in [7, 11) is 0. The molecule has 0 unspecified atom stereocenters. The Balaban J connectivity index is 1.25. The quantitative estimate of drug-likeness (QED) is 0.161. The summed E-state index contributed by atoms with van der Waals surface area (Å²) in [6.07, 6.45) is 0. The largest absolute Gasteiger partial charge is 0.135 e. The molecule has 11 aromatic rings. The molecular formula is C50H30S2. The molecule has 9 aromatic carbocycles. The zero-order chi connectivity index (χ0) is 34.2. The second kappa shape index (κ2) is 11.7. The molecule has 0 aliphatic heterocycles. The van der Waals surface area contributed by atoms with Gasteiger partial charge in [0.05, 0.1) is 0 Å². The topological polar surface area (TPSA) is 0 Å². The van der Waals surface area contributed by atoms with Gasteiger partial charge in [-0.1, -0.05) is 152 Å². The maximum Gasteiger partial charge on any atom is 0.0361 e. The molecule has 0 spiro atoms. The first-order valence-electron chi connectivity index (χ1n) is 17.8. The molecule has 0 nitrogen and oxygen atoms in total. The lowest BCUT2D eigenvalue weighted by molar-refractivity contribution is 1.61. The van der Waals surface area contributed by atoms with Gasteiger partial charge >= 0.3 is 0 Å². The average Bonchev–Trinajstić information content (AvgIpc) is 3.79. The first kappa shape index (κ1) is 29.6. The molecule has 2 aromatic heterocycles. The van der Waals surface area contributed by atoms with Gasteiger partial charge < -0.3 is 0 Å². The molecule has 0 amide bonds. The molecule has 242 valence electrons. The Hall–Kier alpha value is -6.06. The van der Waals surface area contributed by atoms with Gasteiger partial charge in [0.25, 0.3) is 0 Å². The normalized spacial score (nSPS) is 11.8. The van der Waals surface area contributed by atoms with E-state index in [2.05, 4.69) is 182 Å². The van der Waals surface area contributed by atoms with Crippen LogP contribution in [0.15, 0.2) is 182 Å². The van der Waals surface area contributed by atoms with Crippen LogP contribution in [0.1, 0.15) is 0 Å². The molecule has 0 bridgehead atoms. The van der Waals surface area contributed by atoms with Gasteiger partial charge in [-0.2, -0.15) is 0 Å². The van der Waals surface area contributed by atoms with Crippen LogP contribution in [-0.4, -0.2) is 0 Å². The van der Waals surface area contributed by atoms with Gasteiger partial charge in [-0.15, -0.1) is 22.7 Å². The highest BCUT2D eigenvalue weighted by Crippen LogP contribution is 2.48. The SMILES string of the molecule is c1ccc(-c2ccc(-c3c4cccc(-c5cccc6sc7ccccc7c56)c4cc4c(-c5cccc6sc7ccccc7c56)cccc34)cc2)cc1. The van der Waals surface area contributed by atoms with E-state index in [-0.39, 0.29) is 0 Å². The highest BCUT2D eigenvalue weighted by molar-refractivity contribution is 7.26. The Morgan fingerprint density at radius 2 is 0.654 bits per heavy atom. The van der Waals surface area contributed by atoms with Crippen molar-refractivity contribution in [1.29, 1.82) is 0 Å². The standard InChI is InChI=1S/C50H30S2/c1-2-12-31(13-3-1)32-26-28-33(29-27-32)48-38-18-8-16-34(36-20-10-24-46-49(36)40-14-4-6-22-44(40)51-46)42(38)30-43-35(17-9-19-39(43)48)37-21-11-25-47-50(37)41-15-5-7-23-45(41)52-47/h1-30H. The molecule has 2 heterocycles. The van der Waals surface area contributed by atoms with Gasteiger partial charge in [0.1, 0.15) is 0 Å². The molecule has 11 rings (SSSR count). The summed E-state index contributed by atoms with van der Waals surface area (Å²) in [4.78, 5) is 0. The van der Waals surface area contributed by atoms with E-state index in [1.54, 1.807) is 0 Å². The van der Waals surface area contributed by atoms with Crippen LogP contribution in [0.5, 0.6) is 0 Å². The second-order valence-corrected chi connectivity index (χ2v) is 15.7. The molecule has 0 saturated carbocycles. The zero-order valence-corrected chi connectivity index (χ0v) is 29.8. The van der Waals surface area contributed by atoms with Crippen LogP contribution in [0, 0.1) is 0 Å². The number of fused-ring (bicyclic) bond motifs is 8. The summed E-state index contributed by atoms with van der Waals surface area (Å²) in [5.41, 5.74) is 10.1. The predicted octanol–water partition coefficient (Wildman–Crippen LogP) is 15.4. The lowest BCUT2D eigenvalue weighted by Crippen LogP contribution is -1.91. The summed E-state index contributed by atoms with van der Waals surface area (Å²) in [6, 6.07) is 67.5. The van der Waals surface area contributed by atoms with Gasteiger partial charge in [-0.05, 0) is 96.4 Å². The Morgan fingerprint density at radius 3 is 1.21 bits per heavy atom. The van der Waals surface area contributed by atoms with Crippen LogP contribution < -0.4 is 0 Å². The van der Waals surface area contributed by atoms with Gasteiger partial charge in [-0.3, -0.25) is 0 Å². The van der Waals surface area contributed by atoms with E-state index in [0.29, 0.717) is 0 Å². The summed E-state index contributed by atoms with van der Waals surface area (Å²) >= 11 is 3.76. The highest BCUT2D eigenvalue weighted by Gasteiger charge is 2.20. The van der Waals surface area contributed by atoms with Crippen molar-refractivity contribution in [3.05, 3.63) is 182 Å². The highest BCUT2D eigenvalue weighted by atomic mass is 32.1. The minimum Gasteiger partial charge on any atom is -0.135 e. The predicted molar refractivity (Wildman–Crippen MR) is 229 cm³/mol. The monoisotopic (exact) mass is 694 g/mol. The van der Waals surface area contributed by atoms with Gasteiger partial charge in [-0.25, -0.2) is 0 Å². The average molecular weight is 695 g/mol. The molecule has 0 aliphatic carbocycles. The fourth-order valence-electron chi connectivity index (χ4n) is 8.41. The number of thiophene rings is 2. The molecule has 0 atom stereocenters. The molecule has 0 aliphatic rings. The maximum atomic E-state index is 2.48. The van der Waals surface area contributed by atoms with Gasteiger partial charge in [0.15, 0.2) is 0 Å². The van der Waals surface area contributed by atoms with Crippen molar-refractivity contribution in [1.82, 2.24) is 0 Å². The van der Waals surface area contributed by atoms with E-state index in [0.717, 1.165) is 0 Å². The van der Waals surface area contributed by atoms with Crippen LogP contribution in [-0.2, 0) is 0 Å². The van der Waals surface area contributed by atoms with Crippen molar-refractivity contribution >= 4 is 84.6 Å². The first-order chi connectivity index (χ1) is 25.8. The molecule has 52 heavy (non-hydrogen) atoms. The number of hydrogen-bond donors (Lipinski definition) is 0. The molecular weight excluding hydrogens is 665 g/mol. The van der Waals surface area contributed by atoms with Crippen LogP contribution in [0.4, 0.5) is 0 Å². The molecule has 0 radical (unpaired) electrons. The van der Waals surface area contributed by atoms with E-state index >= 15 is 0 Å². The molecule has 0 fully saturated rings. The molecule has 0 saturated heterocycles. The van der Waals surface area contributed by atoms with Crippen molar-refractivity contribution in [2.45, 2.75) is 0 Å². The van der Waals surface area contributed by atoms with Crippen molar-refractivity contribution in [2.75, 3.05) is 0 Å². The van der Waals surface area contributed by atoms with Gasteiger partial charge in [0, 0.05) is 40.3 Å². The van der Waals surface area contributed by atoms with Gasteiger partial charge in [0.2, 0.25) is 0 Å². The van der Waals surface area contributed by atoms with E-state index in [4.69, 9.17) is 0 Å². The lowest BCUT2D eigenvalue weighted by Gasteiger charge is -2.18. The van der Waals surface area contributed by atoms with E-state index in [1.807, 2.05) is 22.7 Å².